The predicted octanol–water partition coefficient (Wildman–Crippen LogP) is 2.74. The number of rotatable bonds is 8. The number of nitrogens with one attached hydrogen (secondary N) is 1. The summed E-state index contributed by atoms with van der Waals surface area (Å²) in [5.74, 6) is -1.61. The van der Waals surface area contributed by atoms with E-state index in [4.69, 9.17) is 4.74 Å². The Bertz CT molecular complexity index is 819. The van der Waals surface area contributed by atoms with Crippen molar-refractivity contribution in [3.8, 4) is 0 Å². The van der Waals surface area contributed by atoms with Crippen LogP contribution in [0.5, 0.6) is 0 Å². The Labute approximate surface area is 148 Å². The van der Waals surface area contributed by atoms with Crippen molar-refractivity contribution < 1.29 is 24.0 Å². The summed E-state index contributed by atoms with van der Waals surface area (Å²) in [5.41, 5.74) is 0.243. The van der Waals surface area contributed by atoms with Gasteiger partial charge in [-0.2, -0.15) is 0 Å². The van der Waals surface area contributed by atoms with Crippen LogP contribution in [0, 0.1) is 10.1 Å². The summed E-state index contributed by atoms with van der Waals surface area (Å²) in [4.78, 5) is 45.5. The highest BCUT2D eigenvalue weighted by Crippen LogP contribution is 2.22. The van der Waals surface area contributed by atoms with E-state index in [9.17, 15) is 24.5 Å². The third-order valence-electron chi connectivity index (χ3n) is 3.39. The van der Waals surface area contributed by atoms with Gasteiger partial charge in [0.2, 0.25) is 0 Å². The molecule has 0 unspecified atom stereocenters. The fraction of sp³-hybridized carbons (Fsp3) is 0.167. The van der Waals surface area contributed by atoms with Gasteiger partial charge in [0.1, 0.15) is 5.69 Å². The van der Waals surface area contributed by atoms with E-state index >= 15 is 0 Å². The maximum atomic E-state index is 11.9. The highest BCUT2D eigenvalue weighted by molar-refractivity contribution is 5.98. The monoisotopic (exact) mass is 356 g/mol. The van der Waals surface area contributed by atoms with Crippen molar-refractivity contribution in [2.75, 3.05) is 11.9 Å². The highest BCUT2D eigenvalue weighted by atomic mass is 16.6. The fourth-order valence-electron chi connectivity index (χ4n) is 2.13. The molecule has 2 aromatic rings. The second-order valence-corrected chi connectivity index (χ2v) is 5.27. The van der Waals surface area contributed by atoms with E-state index in [1.807, 2.05) is 0 Å². The number of nitro benzene ring substituents is 1. The summed E-state index contributed by atoms with van der Waals surface area (Å²) in [5, 5.41) is 13.2. The van der Waals surface area contributed by atoms with Gasteiger partial charge in [0.05, 0.1) is 11.3 Å². The quantitative estimate of drug-likeness (QED) is 0.336. The molecule has 26 heavy (non-hydrogen) atoms. The van der Waals surface area contributed by atoms with Crippen LogP contribution in [0.25, 0.3) is 0 Å². The molecule has 0 aromatic heterocycles. The van der Waals surface area contributed by atoms with Crippen molar-refractivity contribution in [2.45, 2.75) is 12.8 Å². The molecule has 2 rings (SSSR count). The topological polar surface area (TPSA) is 116 Å². The van der Waals surface area contributed by atoms with E-state index in [2.05, 4.69) is 5.32 Å². The molecule has 0 aliphatic heterocycles. The van der Waals surface area contributed by atoms with Crippen LogP contribution in [0.15, 0.2) is 54.6 Å². The first-order chi connectivity index (χ1) is 12.5. The summed E-state index contributed by atoms with van der Waals surface area (Å²) in [6.45, 7) is -0.593. The van der Waals surface area contributed by atoms with E-state index in [0.29, 0.717) is 5.56 Å². The molecule has 0 spiro atoms. The zero-order chi connectivity index (χ0) is 18.9. The standard InChI is InChI=1S/C18H16N2O6/c21-16(13-6-2-1-3-7-13)10-11-18(23)26-12-17(22)19-14-8-4-5-9-15(14)20(24)25/h1-9H,10-12H2,(H,19,22). The molecule has 134 valence electrons. The van der Waals surface area contributed by atoms with Gasteiger partial charge >= 0.3 is 5.97 Å². The first-order valence-electron chi connectivity index (χ1n) is 7.74. The van der Waals surface area contributed by atoms with Gasteiger partial charge in [0.25, 0.3) is 11.6 Å². The Morgan fingerprint density at radius 2 is 1.62 bits per heavy atom. The smallest absolute Gasteiger partial charge is 0.306 e. The fourth-order valence-corrected chi connectivity index (χ4v) is 2.13. The van der Waals surface area contributed by atoms with E-state index in [1.54, 1.807) is 30.3 Å². The summed E-state index contributed by atoms with van der Waals surface area (Å²) in [7, 11) is 0. The summed E-state index contributed by atoms with van der Waals surface area (Å²) in [6, 6.07) is 14.1. The molecule has 0 bridgehead atoms. The number of ether oxygens (including phenoxy) is 1. The molecule has 0 saturated carbocycles. The number of carbonyl (C=O) groups excluding carboxylic acids is 3. The average molecular weight is 356 g/mol. The first-order valence-corrected chi connectivity index (χ1v) is 7.74. The molecular weight excluding hydrogens is 340 g/mol. The summed E-state index contributed by atoms with van der Waals surface area (Å²) in [6.07, 6.45) is -0.193. The minimum atomic E-state index is -0.706. The van der Waals surface area contributed by atoms with Gasteiger partial charge in [-0.3, -0.25) is 24.5 Å². The third-order valence-corrected chi connectivity index (χ3v) is 3.39. The van der Waals surface area contributed by atoms with Crippen molar-refractivity contribution in [2.24, 2.45) is 0 Å². The zero-order valence-electron chi connectivity index (χ0n) is 13.7. The van der Waals surface area contributed by atoms with Crippen molar-refractivity contribution in [3.05, 3.63) is 70.3 Å². The van der Waals surface area contributed by atoms with Crippen LogP contribution in [0.3, 0.4) is 0 Å². The molecule has 8 heteroatoms. The Morgan fingerprint density at radius 3 is 2.31 bits per heavy atom. The zero-order valence-corrected chi connectivity index (χ0v) is 13.7. The molecule has 0 heterocycles. The number of ketones is 1. The maximum absolute atomic E-state index is 11.9. The number of Topliss-reactive ketones (excluding diaryl/α,β-unsaturated/α-hetero) is 1. The minimum Gasteiger partial charge on any atom is -0.456 e. The molecule has 0 fully saturated rings. The average Bonchev–Trinajstić information content (AvgIpc) is 2.65. The first kappa shape index (κ1) is 18.8. The number of anilines is 1. The van der Waals surface area contributed by atoms with Crippen molar-refractivity contribution >= 4 is 29.0 Å². The lowest BCUT2D eigenvalue weighted by molar-refractivity contribution is -0.383. The van der Waals surface area contributed by atoms with Gasteiger partial charge in [-0.15, -0.1) is 0 Å². The van der Waals surface area contributed by atoms with E-state index < -0.39 is 23.4 Å². The lowest BCUT2D eigenvalue weighted by atomic mass is 10.1. The van der Waals surface area contributed by atoms with Gasteiger partial charge in [-0.05, 0) is 6.07 Å². The molecule has 0 saturated heterocycles. The number of hydrogen-bond donors (Lipinski definition) is 1. The van der Waals surface area contributed by atoms with Crippen molar-refractivity contribution in [3.63, 3.8) is 0 Å². The molecule has 8 nitrogen and oxygen atoms in total. The number of nitrogens with zero attached hydrogens (tertiary/aromatic N) is 1. The van der Waals surface area contributed by atoms with E-state index in [0.717, 1.165) is 0 Å². The molecule has 0 aliphatic rings. The van der Waals surface area contributed by atoms with Gasteiger partial charge < -0.3 is 10.1 Å². The minimum absolute atomic E-state index is 0.0119. The van der Waals surface area contributed by atoms with Gasteiger partial charge in [-0.25, -0.2) is 0 Å². The normalized spacial score (nSPS) is 10.0. The van der Waals surface area contributed by atoms with Gasteiger partial charge in [-0.1, -0.05) is 42.5 Å². The number of para-hydroxylation sites is 2. The number of esters is 1. The van der Waals surface area contributed by atoms with E-state index in [-0.39, 0.29) is 30.0 Å². The Morgan fingerprint density at radius 1 is 0.962 bits per heavy atom. The Balaban J connectivity index is 1.78. The van der Waals surface area contributed by atoms with Crippen LogP contribution in [0.4, 0.5) is 11.4 Å². The van der Waals surface area contributed by atoms with E-state index in [1.165, 1.54) is 24.3 Å². The van der Waals surface area contributed by atoms with Crippen LogP contribution in [-0.2, 0) is 14.3 Å². The molecular formula is C18H16N2O6. The van der Waals surface area contributed by atoms with Crippen LogP contribution in [0.2, 0.25) is 0 Å². The number of nitro groups is 1. The van der Waals surface area contributed by atoms with Crippen molar-refractivity contribution in [1.29, 1.82) is 0 Å². The number of benzene rings is 2. The molecule has 0 aliphatic carbocycles. The third kappa shape index (κ3) is 5.52. The Hall–Kier alpha value is -3.55. The second kappa shape index (κ2) is 9.07. The SMILES string of the molecule is O=C(COC(=O)CCC(=O)c1ccccc1)Nc1ccccc1[N+](=O)[O-]. The molecule has 0 radical (unpaired) electrons. The van der Waals surface area contributed by atoms with Crippen LogP contribution >= 0.6 is 0 Å². The lowest BCUT2D eigenvalue weighted by Gasteiger charge is -2.07. The number of amides is 1. The second-order valence-electron chi connectivity index (χ2n) is 5.27. The number of hydrogen-bond acceptors (Lipinski definition) is 6. The molecule has 2 aromatic carbocycles. The predicted molar refractivity (Wildman–Crippen MR) is 92.7 cm³/mol. The van der Waals surface area contributed by atoms with Gasteiger partial charge in [0.15, 0.2) is 12.4 Å². The van der Waals surface area contributed by atoms with Crippen LogP contribution < -0.4 is 5.32 Å². The summed E-state index contributed by atoms with van der Waals surface area (Å²) >= 11 is 0. The number of carbonyl (C=O) groups is 3. The van der Waals surface area contributed by atoms with Crippen LogP contribution in [0.1, 0.15) is 23.2 Å². The van der Waals surface area contributed by atoms with Crippen molar-refractivity contribution in [1.82, 2.24) is 0 Å². The Kier molecular flexibility index (Phi) is 6.55. The largest absolute Gasteiger partial charge is 0.456 e. The van der Waals surface area contributed by atoms with Gasteiger partial charge in [0, 0.05) is 18.1 Å². The lowest BCUT2D eigenvalue weighted by Crippen LogP contribution is -2.21. The maximum Gasteiger partial charge on any atom is 0.306 e. The molecule has 1 amide bonds. The van der Waals surface area contributed by atoms with Crippen LogP contribution in [-0.4, -0.2) is 29.2 Å². The molecule has 1 N–H and O–H groups in total. The highest BCUT2D eigenvalue weighted by Gasteiger charge is 2.16. The summed E-state index contributed by atoms with van der Waals surface area (Å²) < 4.78 is 4.79. The molecule has 0 atom stereocenters.